The molecule has 3 rings (SSSR count). The number of hydrogen-bond acceptors (Lipinski definition) is 8. The number of anilines is 1. The lowest BCUT2D eigenvalue weighted by Gasteiger charge is -2.26. The molecule has 0 aliphatic carbocycles. The average molecular weight is 484 g/mol. The zero-order chi connectivity index (χ0) is 23.3. The molecule has 2 aromatic rings. The average Bonchev–Trinajstić information content (AvgIpc) is 2.79. The third kappa shape index (κ3) is 5.59. The second kappa shape index (κ2) is 10.0. The SMILES string of the molecule is O=C(COC(=O)c1ccc(S(=O)(=O)N2CCOCC2)cc1)Nc1cc([N+](=O)[O-])ccc1Cl. The minimum Gasteiger partial charge on any atom is -0.452 e. The number of nitrogens with one attached hydrogen (secondary N) is 1. The molecule has 1 N–H and O–H groups in total. The molecule has 170 valence electrons. The molecule has 1 aliphatic rings. The first-order valence-electron chi connectivity index (χ1n) is 9.27. The molecule has 0 radical (unpaired) electrons. The molecule has 11 nitrogen and oxygen atoms in total. The molecule has 1 saturated heterocycles. The molecule has 1 fully saturated rings. The molecule has 13 heteroatoms. The van der Waals surface area contributed by atoms with Gasteiger partial charge in [-0.3, -0.25) is 14.9 Å². The fraction of sp³-hybridized carbons (Fsp3) is 0.263. The molecule has 0 saturated carbocycles. The van der Waals surface area contributed by atoms with Crippen LogP contribution in [-0.2, 0) is 24.3 Å². The van der Waals surface area contributed by atoms with E-state index in [-0.39, 0.29) is 39.9 Å². The van der Waals surface area contributed by atoms with Crippen molar-refractivity contribution in [2.24, 2.45) is 0 Å². The number of nitro benzene ring substituents is 1. The second-order valence-corrected chi connectivity index (χ2v) is 8.93. The predicted molar refractivity (Wildman–Crippen MR) is 113 cm³/mol. The fourth-order valence-electron chi connectivity index (χ4n) is 2.82. The molecule has 1 heterocycles. The first-order valence-corrected chi connectivity index (χ1v) is 11.1. The Morgan fingerprint density at radius 2 is 1.81 bits per heavy atom. The number of nitrogens with zero attached hydrogens (tertiary/aromatic N) is 2. The summed E-state index contributed by atoms with van der Waals surface area (Å²) in [6, 6.07) is 8.65. The van der Waals surface area contributed by atoms with E-state index in [1.807, 2.05) is 0 Å². The summed E-state index contributed by atoms with van der Waals surface area (Å²) in [6.07, 6.45) is 0. The molecule has 0 spiro atoms. The number of morpholine rings is 1. The number of amides is 1. The lowest BCUT2D eigenvalue weighted by molar-refractivity contribution is -0.384. The highest BCUT2D eigenvalue weighted by molar-refractivity contribution is 7.89. The van der Waals surface area contributed by atoms with Gasteiger partial charge in [-0.15, -0.1) is 0 Å². The number of esters is 1. The van der Waals surface area contributed by atoms with E-state index in [2.05, 4.69) is 5.32 Å². The van der Waals surface area contributed by atoms with Crippen molar-refractivity contribution in [1.82, 2.24) is 4.31 Å². The van der Waals surface area contributed by atoms with Crippen molar-refractivity contribution in [1.29, 1.82) is 0 Å². The molecular weight excluding hydrogens is 466 g/mol. The van der Waals surface area contributed by atoms with Crippen LogP contribution in [0.1, 0.15) is 10.4 Å². The predicted octanol–water partition coefficient (Wildman–Crippen LogP) is 2.06. The van der Waals surface area contributed by atoms with Gasteiger partial charge in [-0.25, -0.2) is 13.2 Å². The van der Waals surface area contributed by atoms with E-state index in [0.29, 0.717) is 13.2 Å². The van der Waals surface area contributed by atoms with Crippen LogP contribution in [0.5, 0.6) is 0 Å². The van der Waals surface area contributed by atoms with Crippen molar-refractivity contribution in [3.63, 3.8) is 0 Å². The summed E-state index contributed by atoms with van der Waals surface area (Å²) < 4.78 is 36.6. The Morgan fingerprint density at radius 1 is 1.16 bits per heavy atom. The highest BCUT2D eigenvalue weighted by atomic mass is 35.5. The van der Waals surface area contributed by atoms with Crippen LogP contribution in [0.15, 0.2) is 47.4 Å². The maximum atomic E-state index is 12.6. The number of ether oxygens (including phenoxy) is 2. The van der Waals surface area contributed by atoms with Gasteiger partial charge in [-0.05, 0) is 30.3 Å². The highest BCUT2D eigenvalue weighted by Crippen LogP contribution is 2.26. The van der Waals surface area contributed by atoms with Gasteiger partial charge in [-0.2, -0.15) is 4.31 Å². The second-order valence-electron chi connectivity index (χ2n) is 6.59. The lowest BCUT2D eigenvalue weighted by atomic mass is 10.2. The van der Waals surface area contributed by atoms with E-state index in [1.165, 1.54) is 40.7 Å². The van der Waals surface area contributed by atoms with Crippen LogP contribution in [-0.4, -0.2) is 62.4 Å². The van der Waals surface area contributed by atoms with Crippen molar-refractivity contribution < 1.29 is 32.4 Å². The van der Waals surface area contributed by atoms with Gasteiger partial charge in [0.25, 0.3) is 11.6 Å². The number of hydrogen-bond donors (Lipinski definition) is 1. The summed E-state index contributed by atoms with van der Waals surface area (Å²) in [5, 5.41) is 13.2. The van der Waals surface area contributed by atoms with Crippen molar-refractivity contribution in [3.05, 3.63) is 63.2 Å². The van der Waals surface area contributed by atoms with E-state index in [4.69, 9.17) is 21.1 Å². The van der Waals surface area contributed by atoms with E-state index in [9.17, 15) is 28.1 Å². The Bertz CT molecular complexity index is 1130. The first kappa shape index (κ1) is 23.6. The number of rotatable bonds is 7. The number of halogens is 1. The first-order chi connectivity index (χ1) is 15.2. The molecule has 2 aromatic carbocycles. The van der Waals surface area contributed by atoms with Crippen molar-refractivity contribution in [3.8, 4) is 0 Å². The third-order valence-electron chi connectivity index (χ3n) is 4.47. The van der Waals surface area contributed by atoms with Crippen LogP contribution in [0.2, 0.25) is 5.02 Å². The van der Waals surface area contributed by atoms with Gasteiger partial charge >= 0.3 is 5.97 Å². The number of non-ortho nitro benzene ring substituents is 1. The summed E-state index contributed by atoms with van der Waals surface area (Å²) in [5.74, 6) is -1.60. The molecule has 0 unspecified atom stereocenters. The Kier molecular flexibility index (Phi) is 7.40. The molecule has 1 amide bonds. The summed E-state index contributed by atoms with van der Waals surface area (Å²) in [6.45, 7) is 0.442. The van der Waals surface area contributed by atoms with Crippen LogP contribution < -0.4 is 5.32 Å². The van der Waals surface area contributed by atoms with Crippen LogP contribution in [0.4, 0.5) is 11.4 Å². The topological polar surface area (TPSA) is 145 Å². The molecule has 0 atom stereocenters. The van der Waals surface area contributed by atoms with Crippen molar-refractivity contribution >= 4 is 44.9 Å². The molecule has 1 aliphatic heterocycles. The fourth-order valence-corrected chi connectivity index (χ4v) is 4.40. The smallest absolute Gasteiger partial charge is 0.338 e. The Balaban J connectivity index is 1.59. The van der Waals surface area contributed by atoms with Gasteiger partial charge in [0.1, 0.15) is 0 Å². The summed E-state index contributed by atoms with van der Waals surface area (Å²) in [5.41, 5.74) is -0.222. The molecule has 0 aromatic heterocycles. The van der Waals surface area contributed by atoms with Gasteiger partial charge in [-0.1, -0.05) is 11.6 Å². The molecular formula is C19H18ClN3O8S. The number of sulfonamides is 1. The largest absolute Gasteiger partial charge is 0.452 e. The van der Waals surface area contributed by atoms with E-state index in [0.717, 1.165) is 6.07 Å². The number of carbonyl (C=O) groups is 2. The Hall–Kier alpha value is -3.06. The number of carbonyl (C=O) groups excluding carboxylic acids is 2. The van der Waals surface area contributed by atoms with Crippen molar-refractivity contribution in [2.75, 3.05) is 38.2 Å². The maximum absolute atomic E-state index is 12.6. The lowest BCUT2D eigenvalue weighted by Crippen LogP contribution is -2.40. The van der Waals surface area contributed by atoms with Crippen LogP contribution in [0.25, 0.3) is 0 Å². The minimum absolute atomic E-state index is 0.000382. The number of benzene rings is 2. The van der Waals surface area contributed by atoms with Crippen LogP contribution in [0, 0.1) is 10.1 Å². The summed E-state index contributed by atoms with van der Waals surface area (Å²) in [7, 11) is -3.70. The zero-order valence-electron chi connectivity index (χ0n) is 16.5. The monoisotopic (exact) mass is 483 g/mol. The molecule has 0 bridgehead atoms. The Labute approximate surface area is 188 Å². The quantitative estimate of drug-likeness (QED) is 0.358. The van der Waals surface area contributed by atoms with Crippen LogP contribution in [0.3, 0.4) is 0 Å². The standard InChI is InChI=1S/C19H18ClN3O8S/c20-16-6-3-14(23(26)27)11-17(16)21-18(24)12-31-19(25)13-1-4-15(5-2-13)32(28,29)22-7-9-30-10-8-22/h1-6,11H,7-10,12H2,(H,21,24). The van der Waals surface area contributed by atoms with Gasteiger partial charge in [0.2, 0.25) is 10.0 Å². The highest BCUT2D eigenvalue weighted by Gasteiger charge is 2.26. The van der Waals surface area contributed by atoms with Gasteiger partial charge in [0.05, 0.1) is 39.3 Å². The van der Waals surface area contributed by atoms with E-state index < -0.39 is 33.4 Å². The number of nitro groups is 1. The summed E-state index contributed by atoms with van der Waals surface area (Å²) >= 11 is 5.91. The zero-order valence-corrected chi connectivity index (χ0v) is 18.1. The van der Waals surface area contributed by atoms with Gasteiger partial charge < -0.3 is 14.8 Å². The van der Waals surface area contributed by atoms with E-state index in [1.54, 1.807) is 0 Å². The van der Waals surface area contributed by atoms with Crippen LogP contribution >= 0.6 is 11.6 Å². The Morgan fingerprint density at radius 3 is 2.44 bits per heavy atom. The van der Waals surface area contributed by atoms with Gasteiger partial charge in [0.15, 0.2) is 6.61 Å². The third-order valence-corrected chi connectivity index (χ3v) is 6.71. The normalized spacial score (nSPS) is 14.5. The van der Waals surface area contributed by atoms with Gasteiger partial charge in [0, 0.05) is 25.2 Å². The summed E-state index contributed by atoms with van der Waals surface area (Å²) in [4.78, 5) is 34.4. The van der Waals surface area contributed by atoms with E-state index >= 15 is 0 Å². The minimum atomic E-state index is -3.70. The van der Waals surface area contributed by atoms with Crippen molar-refractivity contribution in [2.45, 2.75) is 4.90 Å². The maximum Gasteiger partial charge on any atom is 0.338 e. The molecule has 32 heavy (non-hydrogen) atoms.